The van der Waals surface area contributed by atoms with Gasteiger partial charge < -0.3 is 14.4 Å². The minimum absolute atomic E-state index is 0.112. The Morgan fingerprint density at radius 3 is 2.21 bits per heavy atom. The highest BCUT2D eigenvalue weighted by molar-refractivity contribution is 5.81. The molecule has 158 valence electrons. The lowest BCUT2D eigenvalue weighted by Crippen LogP contribution is -2.41. The average Bonchev–Trinajstić information content (AvgIpc) is 2.69. The standard InChI is InChI=1S/C21H23F4NO3/c1-4-15-11-19(29-3)16(12-18(15)28-2)8-9-26(20(27)21(23,24)25)13-14-6-5-7-17(22)10-14/h5-7,10-12H,4,8-9,13H2,1-3H3. The zero-order chi connectivity index (χ0) is 21.6. The molecule has 0 radical (unpaired) electrons. The summed E-state index contributed by atoms with van der Waals surface area (Å²) in [6.45, 7) is 1.36. The van der Waals surface area contributed by atoms with Crippen LogP contribution in [0.1, 0.15) is 23.6 Å². The average molecular weight is 413 g/mol. The SMILES string of the molecule is CCc1cc(OC)c(CCN(Cc2cccc(F)c2)C(=O)C(F)(F)F)cc1OC. The first kappa shape index (κ1) is 22.5. The molecule has 2 aromatic rings. The van der Waals surface area contributed by atoms with E-state index in [1.165, 1.54) is 32.4 Å². The molecule has 0 aliphatic rings. The molecular formula is C21H23F4NO3. The van der Waals surface area contributed by atoms with Crippen molar-refractivity contribution >= 4 is 5.91 Å². The number of nitrogens with zero attached hydrogens (tertiary/aromatic N) is 1. The minimum Gasteiger partial charge on any atom is -0.496 e. The van der Waals surface area contributed by atoms with Crippen molar-refractivity contribution in [2.75, 3.05) is 20.8 Å². The lowest BCUT2D eigenvalue weighted by atomic mass is 10.0. The number of rotatable bonds is 8. The fraction of sp³-hybridized carbons (Fsp3) is 0.381. The first-order chi connectivity index (χ1) is 13.7. The van der Waals surface area contributed by atoms with Crippen molar-refractivity contribution in [3.05, 3.63) is 58.9 Å². The summed E-state index contributed by atoms with van der Waals surface area (Å²) in [6, 6.07) is 8.63. The van der Waals surface area contributed by atoms with Crippen molar-refractivity contribution in [1.82, 2.24) is 4.90 Å². The third-order valence-electron chi connectivity index (χ3n) is 4.51. The number of hydrogen-bond acceptors (Lipinski definition) is 3. The topological polar surface area (TPSA) is 38.8 Å². The van der Waals surface area contributed by atoms with Crippen molar-refractivity contribution in [3.8, 4) is 11.5 Å². The van der Waals surface area contributed by atoms with E-state index in [0.29, 0.717) is 28.4 Å². The van der Waals surface area contributed by atoms with Crippen molar-refractivity contribution in [2.45, 2.75) is 32.5 Å². The van der Waals surface area contributed by atoms with Crippen molar-refractivity contribution in [1.29, 1.82) is 0 Å². The lowest BCUT2D eigenvalue weighted by Gasteiger charge is -2.24. The number of hydrogen-bond donors (Lipinski definition) is 0. The number of ether oxygens (including phenoxy) is 2. The molecule has 0 aliphatic heterocycles. The number of aryl methyl sites for hydroxylation is 1. The van der Waals surface area contributed by atoms with Gasteiger partial charge in [0.2, 0.25) is 0 Å². The molecule has 4 nitrogen and oxygen atoms in total. The number of benzene rings is 2. The molecule has 2 rings (SSSR count). The number of alkyl halides is 3. The van der Waals surface area contributed by atoms with E-state index in [1.807, 2.05) is 6.92 Å². The highest BCUT2D eigenvalue weighted by Crippen LogP contribution is 2.30. The summed E-state index contributed by atoms with van der Waals surface area (Å²) in [5.41, 5.74) is 1.78. The van der Waals surface area contributed by atoms with Gasteiger partial charge in [0.1, 0.15) is 17.3 Å². The molecule has 0 N–H and O–H groups in total. The van der Waals surface area contributed by atoms with Crippen LogP contribution in [0, 0.1) is 5.82 Å². The summed E-state index contributed by atoms with van der Waals surface area (Å²) in [6.07, 6.45) is -4.22. The second-order valence-corrected chi connectivity index (χ2v) is 6.43. The highest BCUT2D eigenvalue weighted by atomic mass is 19.4. The monoisotopic (exact) mass is 413 g/mol. The van der Waals surface area contributed by atoms with E-state index < -0.39 is 17.9 Å². The maximum Gasteiger partial charge on any atom is 0.471 e. The Morgan fingerprint density at radius 1 is 1.03 bits per heavy atom. The number of amides is 1. The van der Waals surface area contributed by atoms with E-state index in [4.69, 9.17) is 9.47 Å². The van der Waals surface area contributed by atoms with E-state index in [2.05, 4.69) is 0 Å². The highest BCUT2D eigenvalue weighted by Gasteiger charge is 2.42. The first-order valence-corrected chi connectivity index (χ1v) is 9.03. The van der Waals surface area contributed by atoms with Crippen molar-refractivity contribution in [2.24, 2.45) is 0 Å². The number of carbonyl (C=O) groups excluding carboxylic acids is 1. The van der Waals surface area contributed by atoms with Gasteiger partial charge in [0.05, 0.1) is 14.2 Å². The fourth-order valence-corrected chi connectivity index (χ4v) is 3.04. The summed E-state index contributed by atoms with van der Waals surface area (Å²) in [4.78, 5) is 12.6. The Kier molecular flexibility index (Phi) is 7.47. The van der Waals surface area contributed by atoms with Crippen LogP contribution >= 0.6 is 0 Å². The van der Waals surface area contributed by atoms with Gasteiger partial charge in [0.15, 0.2) is 0 Å². The van der Waals surface area contributed by atoms with Crippen LogP contribution in [0.15, 0.2) is 36.4 Å². The smallest absolute Gasteiger partial charge is 0.471 e. The molecule has 0 atom stereocenters. The van der Waals surface area contributed by atoms with Gasteiger partial charge >= 0.3 is 12.1 Å². The van der Waals surface area contributed by atoms with Gasteiger partial charge in [-0.2, -0.15) is 13.2 Å². The van der Waals surface area contributed by atoms with Crippen LogP contribution in [0.2, 0.25) is 0 Å². The summed E-state index contributed by atoms with van der Waals surface area (Å²) in [5.74, 6) is -1.45. The van der Waals surface area contributed by atoms with Crippen molar-refractivity contribution < 1.29 is 31.8 Å². The molecule has 0 saturated carbocycles. The molecule has 29 heavy (non-hydrogen) atoms. The molecule has 1 amide bonds. The van der Waals surface area contributed by atoms with Crippen LogP contribution in [-0.4, -0.2) is 37.7 Å². The third kappa shape index (κ3) is 5.85. The molecule has 0 saturated heterocycles. The summed E-state index contributed by atoms with van der Waals surface area (Å²) in [5, 5.41) is 0. The van der Waals surface area contributed by atoms with Crippen LogP contribution in [0.4, 0.5) is 17.6 Å². The zero-order valence-corrected chi connectivity index (χ0v) is 16.5. The Bertz CT molecular complexity index is 852. The molecule has 0 bridgehead atoms. The molecule has 0 spiro atoms. The van der Waals surface area contributed by atoms with Gasteiger partial charge in [-0.25, -0.2) is 4.39 Å². The maximum absolute atomic E-state index is 13.4. The molecule has 0 aromatic heterocycles. The van der Waals surface area contributed by atoms with E-state index in [1.54, 1.807) is 12.1 Å². The summed E-state index contributed by atoms with van der Waals surface area (Å²) >= 11 is 0. The largest absolute Gasteiger partial charge is 0.496 e. The van der Waals surface area contributed by atoms with Gasteiger partial charge in [-0.05, 0) is 53.8 Å². The number of methoxy groups -OCH3 is 2. The minimum atomic E-state index is -5.03. The molecule has 0 fully saturated rings. The zero-order valence-electron chi connectivity index (χ0n) is 16.5. The summed E-state index contributed by atoms with van der Waals surface area (Å²) in [7, 11) is 2.98. The second-order valence-electron chi connectivity index (χ2n) is 6.43. The lowest BCUT2D eigenvalue weighted by molar-refractivity contribution is -0.186. The Hall–Kier alpha value is -2.77. The predicted molar refractivity (Wildman–Crippen MR) is 101 cm³/mol. The normalized spacial score (nSPS) is 11.3. The quantitative estimate of drug-likeness (QED) is 0.597. The van der Waals surface area contributed by atoms with Crippen LogP contribution in [0.25, 0.3) is 0 Å². The molecule has 2 aromatic carbocycles. The van der Waals surface area contributed by atoms with Gasteiger partial charge in [-0.1, -0.05) is 19.1 Å². The molecule has 8 heteroatoms. The molecule has 0 heterocycles. The molecular weight excluding hydrogens is 390 g/mol. The van der Waals surface area contributed by atoms with Gasteiger partial charge in [0.25, 0.3) is 0 Å². The van der Waals surface area contributed by atoms with Gasteiger partial charge in [0, 0.05) is 13.1 Å². The third-order valence-corrected chi connectivity index (χ3v) is 4.51. The second kappa shape index (κ2) is 9.62. The van der Waals surface area contributed by atoms with Crippen LogP contribution in [0.5, 0.6) is 11.5 Å². The Morgan fingerprint density at radius 2 is 1.66 bits per heavy atom. The Labute approximate surface area is 167 Å². The van der Waals surface area contributed by atoms with Crippen molar-refractivity contribution in [3.63, 3.8) is 0 Å². The molecule has 0 aliphatic carbocycles. The predicted octanol–water partition coefficient (Wildman–Crippen LogP) is 4.54. The van der Waals surface area contributed by atoms with Crippen LogP contribution in [0.3, 0.4) is 0 Å². The van der Waals surface area contributed by atoms with E-state index >= 15 is 0 Å². The van der Waals surface area contributed by atoms with E-state index in [0.717, 1.165) is 11.6 Å². The van der Waals surface area contributed by atoms with Gasteiger partial charge in [-0.3, -0.25) is 4.79 Å². The Balaban J connectivity index is 2.28. The first-order valence-electron chi connectivity index (χ1n) is 9.03. The maximum atomic E-state index is 13.4. The number of halogens is 4. The summed E-state index contributed by atoms with van der Waals surface area (Å²) < 4.78 is 63.3. The van der Waals surface area contributed by atoms with Crippen LogP contribution < -0.4 is 9.47 Å². The van der Waals surface area contributed by atoms with Crippen LogP contribution in [-0.2, 0) is 24.2 Å². The fourth-order valence-electron chi connectivity index (χ4n) is 3.04. The van der Waals surface area contributed by atoms with E-state index in [9.17, 15) is 22.4 Å². The number of carbonyl (C=O) groups is 1. The molecule has 0 unspecified atom stereocenters. The van der Waals surface area contributed by atoms with E-state index in [-0.39, 0.29) is 25.1 Å². The van der Waals surface area contributed by atoms with Gasteiger partial charge in [-0.15, -0.1) is 0 Å².